The lowest BCUT2D eigenvalue weighted by Crippen LogP contribution is -2.14. The first-order chi connectivity index (χ1) is 9.15. The number of nitrogens with one attached hydrogen (secondary N) is 1. The number of nitrogens with zero attached hydrogens (tertiary/aromatic N) is 2. The van der Waals surface area contributed by atoms with Crippen molar-refractivity contribution in [3.8, 4) is 0 Å². The number of hydrogen-bond donors (Lipinski definition) is 2. The van der Waals surface area contributed by atoms with Gasteiger partial charge in [0.25, 0.3) is 0 Å². The van der Waals surface area contributed by atoms with Crippen LogP contribution in [0.2, 0.25) is 0 Å². The van der Waals surface area contributed by atoms with Crippen molar-refractivity contribution in [2.75, 3.05) is 11.9 Å². The van der Waals surface area contributed by atoms with E-state index >= 15 is 0 Å². The first kappa shape index (κ1) is 13.5. The van der Waals surface area contributed by atoms with Gasteiger partial charge in [0.15, 0.2) is 5.69 Å². The van der Waals surface area contributed by atoms with E-state index in [4.69, 9.17) is 5.11 Å². The molecule has 0 fully saturated rings. The van der Waals surface area contributed by atoms with Gasteiger partial charge in [-0.15, -0.1) is 11.3 Å². The summed E-state index contributed by atoms with van der Waals surface area (Å²) in [6.45, 7) is 2.94. The van der Waals surface area contributed by atoms with Gasteiger partial charge in [-0.1, -0.05) is 13.0 Å². The van der Waals surface area contributed by atoms with Crippen molar-refractivity contribution < 1.29 is 9.90 Å². The third-order valence-corrected chi connectivity index (χ3v) is 3.53. The average Bonchev–Trinajstić information content (AvgIpc) is 2.89. The Morgan fingerprint density at radius 1 is 1.47 bits per heavy atom. The van der Waals surface area contributed by atoms with Crippen LogP contribution in [-0.2, 0) is 6.42 Å². The minimum atomic E-state index is -1.06. The van der Waals surface area contributed by atoms with E-state index in [1.54, 1.807) is 11.3 Å². The van der Waals surface area contributed by atoms with Gasteiger partial charge in [-0.25, -0.2) is 14.8 Å². The first-order valence-corrected chi connectivity index (χ1v) is 6.84. The third kappa shape index (κ3) is 4.03. The van der Waals surface area contributed by atoms with Gasteiger partial charge < -0.3 is 10.4 Å². The number of anilines is 1. The number of carboxylic acids is 1. The summed E-state index contributed by atoms with van der Waals surface area (Å²) < 4.78 is 0. The first-order valence-electron chi connectivity index (χ1n) is 5.96. The Balaban J connectivity index is 1.83. The summed E-state index contributed by atoms with van der Waals surface area (Å²) in [6.07, 6.45) is 3.72. The van der Waals surface area contributed by atoms with Crippen LogP contribution >= 0.6 is 11.3 Å². The van der Waals surface area contributed by atoms with Gasteiger partial charge in [0.2, 0.25) is 0 Å². The Hall–Kier alpha value is -1.95. The monoisotopic (exact) mass is 277 g/mol. The molecule has 19 heavy (non-hydrogen) atoms. The quantitative estimate of drug-likeness (QED) is 0.848. The molecule has 2 N–H and O–H groups in total. The van der Waals surface area contributed by atoms with Crippen molar-refractivity contribution in [3.63, 3.8) is 0 Å². The van der Waals surface area contributed by atoms with Crippen LogP contribution in [-0.4, -0.2) is 27.6 Å². The zero-order valence-corrected chi connectivity index (χ0v) is 11.4. The molecule has 1 atom stereocenters. The van der Waals surface area contributed by atoms with Crippen LogP contribution in [0.25, 0.3) is 0 Å². The Bertz CT molecular complexity index is 525. The maximum absolute atomic E-state index is 10.6. The SMILES string of the molecule is CC(CNc1cnc(C(=O)O)cn1)Cc1cccs1. The van der Waals surface area contributed by atoms with Gasteiger partial charge in [-0.3, -0.25) is 0 Å². The number of aromatic nitrogens is 2. The molecule has 1 unspecified atom stereocenters. The van der Waals surface area contributed by atoms with Crippen LogP contribution in [0.5, 0.6) is 0 Å². The second-order valence-corrected chi connectivity index (χ2v) is 5.39. The molecular formula is C13H15N3O2S. The molecule has 2 rings (SSSR count). The van der Waals surface area contributed by atoms with Crippen molar-refractivity contribution in [3.05, 3.63) is 40.5 Å². The fraction of sp³-hybridized carbons (Fsp3) is 0.308. The second-order valence-electron chi connectivity index (χ2n) is 4.36. The molecule has 0 aliphatic heterocycles. The van der Waals surface area contributed by atoms with E-state index in [-0.39, 0.29) is 5.69 Å². The summed E-state index contributed by atoms with van der Waals surface area (Å²) in [5, 5.41) is 14.0. The number of rotatable bonds is 6. The smallest absolute Gasteiger partial charge is 0.356 e. The maximum atomic E-state index is 10.6. The zero-order chi connectivity index (χ0) is 13.7. The second kappa shape index (κ2) is 6.29. The lowest BCUT2D eigenvalue weighted by molar-refractivity contribution is 0.0690. The largest absolute Gasteiger partial charge is 0.476 e. The van der Waals surface area contributed by atoms with Crippen LogP contribution in [0.1, 0.15) is 22.3 Å². The lowest BCUT2D eigenvalue weighted by atomic mass is 10.1. The fourth-order valence-electron chi connectivity index (χ4n) is 1.65. The summed E-state index contributed by atoms with van der Waals surface area (Å²) in [6, 6.07) is 4.18. The van der Waals surface area contributed by atoms with Gasteiger partial charge in [-0.2, -0.15) is 0 Å². The molecular weight excluding hydrogens is 262 g/mol. The van der Waals surface area contributed by atoms with E-state index in [1.807, 2.05) is 0 Å². The maximum Gasteiger partial charge on any atom is 0.356 e. The van der Waals surface area contributed by atoms with Gasteiger partial charge >= 0.3 is 5.97 Å². The third-order valence-electron chi connectivity index (χ3n) is 2.63. The van der Waals surface area contributed by atoms with E-state index < -0.39 is 5.97 Å². The summed E-state index contributed by atoms with van der Waals surface area (Å²) >= 11 is 1.76. The number of carbonyl (C=O) groups is 1. The average molecular weight is 277 g/mol. The van der Waals surface area contributed by atoms with E-state index in [9.17, 15) is 4.79 Å². The molecule has 0 saturated carbocycles. The zero-order valence-electron chi connectivity index (χ0n) is 10.5. The molecule has 2 aromatic rings. The molecule has 2 heterocycles. The summed E-state index contributed by atoms with van der Waals surface area (Å²) in [5.41, 5.74) is -0.0443. The highest BCUT2D eigenvalue weighted by Gasteiger charge is 2.07. The highest BCUT2D eigenvalue weighted by atomic mass is 32.1. The Morgan fingerprint density at radius 2 is 2.32 bits per heavy atom. The molecule has 6 heteroatoms. The summed E-state index contributed by atoms with van der Waals surface area (Å²) in [5.74, 6) is 0.00717. The number of aromatic carboxylic acids is 1. The minimum Gasteiger partial charge on any atom is -0.476 e. The molecule has 0 aliphatic carbocycles. The molecule has 0 aliphatic rings. The Labute approximate surface area is 115 Å². The van der Waals surface area contributed by atoms with Crippen molar-refractivity contribution in [1.82, 2.24) is 9.97 Å². The number of hydrogen-bond acceptors (Lipinski definition) is 5. The topological polar surface area (TPSA) is 75.1 Å². The normalized spacial score (nSPS) is 12.1. The van der Waals surface area contributed by atoms with Gasteiger partial charge in [0, 0.05) is 11.4 Å². The predicted molar refractivity (Wildman–Crippen MR) is 74.7 cm³/mol. The van der Waals surface area contributed by atoms with Crippen LogP contribution in [0.4, 0.5) is 5.82 Å². The van der Waals surface area contributed by atoms with Crippen molar-refractivity contribution >= 4 is 23.1 Å². The lowest BCUT2D eigenvalue weighted by Gasteiger charge is -2.11. The van der Waals surface area contributed by atoms with Crippen molar-refractivity contribution in [2.45, 2.75) is 13.3 Å². The van der Waals surface area contributed by atoms with E-state index in [1.165, 1.54) is 17.3 Å². The van der Waals surface area contributed by atoms with Crippen LogP contribution in [0.15, 0.2) is 29.9 Å². The molecule has 100 valence electrons. The molecule has 0 amide bonds. The van der Waals surface area contributed by atoms with Crippen LogP contribution < -0.4 is 5.32 Å². The highest BCUT2D eigenvalue weighted by Crippen LogP contribution is 2.14. The van der Waals surface area contributed by atoms with Crippen molar-refractivity contribution in [2.24, 2.45) is 5.92 Å². The Kier molecular flexibility index (Phi) is 4.46. The number of carboxylic acid groups (broad SMARTS) is 1. The van der Waals surface area contributed by atoms with E-state index in [2.05, 4.69) is 39.7 Å². The fourth-order valence-corrected chi connectivity index (χ4v) is 2.52. The standard InChI is InChI=1S/C13H15N3O2S/c1-9(5-10-3-2-4-19-10)6-15-12-8-14-11(7-16-12)13(17)18/h2-4,7-9H,5-6H2,1H3,(H,15,16)(H,17,18). The molecule has 5 nitrogen and oxygen atoms in total. The summed E-state index contributed by atoms with van der Waals surface area (Å²) in [4.78, 5) is 19.8. The highest BCUT2D eigenvalue weighted by molar-refractivity contribution is 7.09. The molecule has 0 bridgehead atoms. The van der Waals surface area contributed by atoms with Gasteiger partial charge in [-0.05, 0) is 23.8 Å². The Morgan fingerprint density at radius 3 is 2.89 bits per heavy atom. The van der Waals surface area contributed by atoms with Crippen LogP contribution in [0.3, 0.4) is 0 Å². The van der Waals surface area contributed by atoms with E-state index in [0.717, 1.165) is 13.0 Å². The molecule has 0 radical (unpaired) electrons. The predicted octanol–water partition coefficient (Wildman–Crippen LogP) is 2.53. The molecule has 0 saturated heterocycles. The van der Waals surface area contributed by atoms with Gasteiger partial charge in [0.1, 0.15) is 5.82 Å². The summed E-state index contributed by atoms with van der Waals surface area (Å²) in [7, 11) is 0. The van der Waals surface area contributed by atoms with Gasteiger partial charge in [0.05, 0.1) is 12.4 Å². The molecule has 2 aromatic heterocycles. The van der Waals surface area contributed by atoms with E-state index in [0.29, 0.717) is 11.7 Å². The van der Waals surface area contributed by atoms with Crippen molar-refractivity contribution in [1.29, 1.82) is 0 Å². The number of thiophene rings is 1. The minimum absolute atomic E-state index is 0.0443. The molecule has 0 spiro atoms. The van der Waals surface area contributed by atoms with Crippen LogP contribution in [0, 0.1) is 5.92 Å². The molecule has 0 aromatic carbocycles.